The second kappa shape index (κ2) is 6.51. The lowest BCUT2D eigenvalue weighted by Gasteiger charge is -2.09. The lowest BCUT2D eigenvalue weighted by atomic mass is 10.2. The Hall–Kier alpha value is -1.21. The summed E-state index contributed by atoms with van der Waals surface area (Å²) < 4.78 is 4.92. The molecule has 5 nitrogen and oxygen atoms in total. The molecular formula is C10H15N3O2S2. The number of thiazole rings is 1. The maximum absolute atomic E-state index is 11.3. The number of aromatic nitrogens is 1. The fourth-order valence-corrected chi connectivity index (χ4v) is 1.83. The van der Waals surface area contributed by atoms with Crippen LogP contribution >= 0.6 is 23.6 Å². The minimum atomic E-state index is -0.551. The highest BCUT2D eigenvalue weighted by Crippen LogP contribution is 2.15. The lowest BCUT2D eigenvalue weighted by molar-refractivity contribution is 0.138. The van der Waals surface area contributed by atoms with Crippen molar-refractivity contribution in [3.63, 3.8) is 0 Å². The van der Waals surface area contributed by atoms with E-state index in [9.17, 15) is 4.79 Å². The van der Waals surface area contributed by atoms with Gasteiger partial charge in [0, 0.05) is 11.1 Å². The lowest BCUT2D eigenvalue weighted by Crippen LogP contribution is -2.35. The Morgan fingerprint density at radius 3 is 2.88 bits per heavy atom. The molecule has 0 aromatic carbocycles. The van der Waals surface area contributed by atoms with Crippen LogP contribution in [0.2, 0.25) is 0 Å². The molecular weight excluding hydrogens is 258 g/mol. The first-order valence-electron chi connectivity index (χ1n) is 5.14. The van der Waals surface area contributed by atoms with Gasteiger partial charge in [-0.1, -0.05) is 13.8 Å². The van der Waals surface area contributed by atoms with Gasteiger partial charge in [0.05, 0.1) is 6.61 Å². The van der Waals surface area contributed by atoms with Crippen molar-refractivity contribution in [3.8, 4) is 0 Å². The number of carbonyl (C=O) groups is 1. The molecule has 0 fully saturated rings. The molecule has 0 bridgehead atoms. The van der Waals surface area contributed by atoms with Crippen molar-refractivity contribution >= 4 is 39.9 Å². The van der Waals surface area contributed by atoms with Crippen LogP contribution in [-0.4, -0.2) is 22.8 Å². The predicted octanol–water partition coefficient (Wildman–Crippen LogP) is 2.53. The van der Waals surface area contributed by atoms with Gasteiger partial charge in [-0.15, -0.1) is 11.3 Å². The number of nitrogens with zero attached hydrogens (tertiary/aromatic N) is 1. The monoisotopic (exact) mass is 273 g/mol. The summed E-state index contributed by atoms with van der Waals surface area (Å²) in [5.41, 5.74) is 0. The molecule has 17 heavy (non-hydrogen) atoms. The molecule has 1 amide bonds. The average Bonchev–Trinajstić information content (AvgIpc) is 2.60. The maximum Gasteiger partial charge on any atom is 0.413 e. The van der Waals surface area contributed by atoms with E-state index in [1.807, 2.05) is 20.8 Å². The molecule has 2 N–H and O–H groups in total. The van der Waals surface area contributed by atoms with E-state index in [1.54, 1.807) is 6.20 Å². The molecule has 0 aliphatic heterocycles. The number of nitrogens with one attached hydrogen (secondary N) is 2. The Labute approximate surface area is 110 Å². The summed E-state index contributed by atoms with van der Waals surface area (Å²) in [5.74, 6) is 0.295. The summed E-state index contributed by atoms with van der Waals surface area (Å²) >= 11 is 6.40. The first-order valence-corrected chi connectivity index (χ1v) is 6.37. The van der Waals surface area contributed by atoms with Crippen LogP contribution in [0.5, 0.6) is 0 Å². The Morgan fingerprint density at radius 1 is 1.65 bits per heavy atom. The van der Waals surface area contributed by atoms with Gasteiger partial charge in [0.1, 0.15) is 0 Å². The Balaban J connectivity index is 2.32. The SMILES string of the molecule is Cc1cnc(NC(=S)NC(=O)OCC(C)C)s1. The largest absolute Gasteiger partial charge is 0.449 e. The third-order valence-electron chi connectivity index (χ3n) is 1.61. The van der Waals surface area contributed by atoms with Crippen LogP contribution in [0.1, 0.15) is 18.7 Å². The van der Waals surface area contributed by atoms with Crippen molar-refractivity contribution in [3.05, 3.63) is 11.1 Å². The van der Waals surface area contributed by atoms with E-state index in [2.05, 4.69) is 15.6 Å². The van der Waals surface area contributed by atoms with Crippen LogP contribution in [0.4, 0.5) is 9.93 Å². The van der Waals surface area contributed by atoms with E-state index in [4.69, 9.17) is 17.0 Å². The molecule has 94 valence electrons. The van der Waals surface area contributed by atoms with Crippen LogP contribution in [0.15, 0.2) is 6.20 Å². The van der Waals surface area contributed by atoms with Gasteiger partial charge in [-0.25, -0.2) is 9.78 Å². The normalized spacial score (nSPS) is 10.1. The van der Waals surface area contributed by atoms with Crippen LogP contribution in [0.25, 0.3) is 0 Å². The van der Waals surface area contributed by atoms with Crippen molar-refractivity contribution in [2.45, 2.75) is 20.8 Å². The Morgan fingerprint density at radius 2 is 2.35 bits per heavy atom. The minimum Gasteiger partial charge on any atom is -0.449 e. The van der Waals surface area contributed by atoms with E-state index in [0.29, 0.717) is 17.7 Å². The first kappa shape index (κ1) is 13.9. The van der Waals surface area contributed by atoms with Crippen molar-refractivity contribution in [2.75, 3.05) is 11.9 Å². The molecule has 0 aliphatic rings. The number of thiocarbonyl (C=S) groups is 1. The molecule has 7 heteroatoms. The number of amides is 1. The maximum atomic E-state index is 11.3. The summed E-state index contributed by atoms with van der Waals surface area (Å²) in [7, 11) is 0. The molecule has 0 spiro atoms. The summed E-state index contributed by atoms with van der Waals surface area (Å²) in [6.07, 6.45) is 1.18. The molecule has 0 aliphatic carbocycles. The number of carbonyl (C=O) groups excluding carboxylic acids is 1. The molecule has 0 unspecified atom stereocenters. The van der Waals surface area contributed by atoms with Gasteiger partial charge in [0.25, 0.3) is 0 Å². The molecule has 0 atom stereocenters. The zero-order chi connectivity index (χ0) is 12.8. The fraction of sp³-hybridized carbons (Fsp3) is 0.500. The Bertz CT molecular complexity index is 404. The number of alkyl carbamates (subject to hydrolysis) is 1. The van der Waals surface area contributed by atoms with Gasteiger partial charge in [-0.05, 0) is 25.1 Å². The number of rotatable bonds is 3. The summed E-state index contributed by atoms with van der Waals surface area (Å²) in [5, 5.41) is 6.06. The second-order valence-corrected chi connectivity index (χ2v) is 5.49. The first-order chi connectivity index (χ1) is 7.97. The Kier molecular flexibility index (Phi) is 5.30. The van der Waals surface area contributed by atoms with E-state index < -0.39 is 6.09 Å². The zero-order valence-corrected chi connectivity index (χ0v) is 11.6. The van der Waals surface area contributed by atoms with E-state index >= 15 is 0 Å². The number of hydrogen-bond acceptors (Lipinski definition) is 5. The smallest absolute Gasteiger partial charge is 0.413 e. The second-order valence-electron chi connectivity index (χ2n) is 3.85. The highest BCUT2D eigenvalue weighted by atomic mass is 32.1. The number of aryl methyl sites for hydroxylation is 1. The average molecular weight is 273 g/mol. The summed E-state index contributed by atoms with van der Waals surface area (Å²) in [4.78, 5) is 16.4. The van der Waals surface area contributed by atoms with Crippen LogP contribution < -0.4 is 10.6 Å². The third kappa shape index (κ3) is 5.60. The van der Waals surface area contributed by atoms with Crippen molar-refractivity contribution in [1.82, 2.24) is 10.3 Å². The molecule has 0 radical (unpaired) electrons. The van der Waals surface area contributed by atoms with E-state index in [0.717, 1.165) is 4.88 Å². The van der Waals surface area contributed by atoms with Gasteiger partial charge >= 0.3 is 6.09 Å². The summed E-state index contributed by atoms with van der Waals surface area (Å²) in [6, 6.07) is 0. The quantitative estimate of drug-likeness (QED) is 0.829. The van der Waals surface area contributed by atoms with Crippen molar-refractivity contribution < 1.29 is 9.53 Å². The molecule has 0 saturated heterocycles. The minimum absolute atomic E-state index is 0.188. The van der Waals surface area contributed by atoms with Crippen LogP contribution in [0.3, 0.4) is 0 Å². The predicted molar refractivity (Wildman–Crippen MR) is 72.4 cm³/mol. The topological polar surface area (TPSA) is 63.2 Å². The zero-order valence-electron chi connectivity index (χ0n) is 9.94. The van der Waals surface area contributed by atoms with Crippen molar-refractivity contribution in [2.24, 2.45) is 5.92 Å². The third-order valence-corrected chi connectivity index (χ3v) is 2.64. The number of ether oxygens (including phenoxy) is 1. The molecule has 1 aromatic rings. The number of anilines is 1. The van der Waals surface area contributed by atoms with Gasteiger partial charge in [-0.3, -0.25) is 5.32 Å². The van der Waals surface area contributed by atoms with Crippen LogP contribution in [0, 0.1) is 12.8 Å². The highest BCUT2D eigenvalue weighted by molar-refractivity contribution is 7.80. The van der Waals surface area contributed by atoms with Gasteiger partial charge in [0.2, 0.25) is 0 Å². The molecule has 1 rings (SSSR count). The van der Waals surface area contributed by atoms with Gasteiger partial charge < -0.3 is 10.1 Å². The molecule has 1 aromatic heterocycles. The van der Waals surface area contributed by atoms with E-state index in [-0.39, 0.29) is 5.11 Å². The highest BCUT2D eigenvalue weighted by Gasteiger charge is 2.07. The standard InChI is InChI=1S/C10H15N3O2S2/c1-6(2)5-15-10(14)13-8(16)12-9-11-4-7(3)17-9/h4,6H,5H2,1-3H3,(H2,11,12,13,14,16). The van der Waals surface area contributed by atoms with Crippen LogP contribution in [-0.2, 0) is 4.74 Å². The van der Waals surface area contributed by atoms with Gasteiger partial charge in [0.15, 0.2) is 10.2 Å². The summed E-state index contributed by atoms with van der Waals surface area (Å²) in [6.45, 7) is 6.23. The number of hydrogen-bond donors (Lipinski definition) is 2. The molecule has 0 saturated carbocycles. The van der Waals surface area contributed by atoms with Crippen molar-refractivity contribution in [1.29, 1.82) is 0 Å². The molecule has 1 heterocycles. The fourth-order valence-electron chi connectivity index (χ4n) is 0.912. The van der Waals surface area contributed by atoms with Gasteiger partial charge in [-0.2, -0.15) is 0 Å². The van der Waals surface area contributed by atoms with E-state index in [1.165, 1.54) is 11.3 Å².